The third-order valence-corrected chi connectivity index (χ3v) is 10.2. The van der Waals surface area contributed by atoms with Crippen LogP contribution >= 0.6 is 0 Å². The van der Waals surface area contributed by atoms with Gasteiger partial charge in [0.15, 0.2) is 17.5 Å². The fraction of sp³-hybridized carbons (Fsp3) is 0.109. The molecule has 0 fully saturated rings. The average molecular weight is 632 g/mol. The average Bonchev–Trinajstić information content (AvgIpc) is 3.15. The zero-order valence-electron chi connectivity index (χ0n) is 28.5. The number of aromatic nitrogens is 3. The van der Waals surface area contributed by atoms with E-state index >= 15 is 0 Å². The zero-order valence-corrected chi connectivity index (χ0v) is 28.5. The van der Waals surface area contributed by atoms with Gasteiger partial charge in [-0.3, -0.25) is 0 Å². The molecule has 1 heterocycles. The van der Waals surface area contributed by atoms with Crippen LogP contribution in [0.15, 0.2) is 133 Å². The third kappa shape index (κ3) is 5.38. The third-order valence-electron chi connectivity index (χ3n) is 10.2. The Balaban J connectivity index is 1.48. The summed E-state index contributed by atoms with van der Waals surface area (Å²) in [5.41, 5.74) is 14.3. The van der Waals surface area contributed by atoms with E-state index in [1.807, 2.05) is 36.4 Å². The normalized spacial score (nSPS) is 11.4. The van der Waals surface area contributed by atoms with Crippen molar-refractivity contribution >= 4 is 21.5 Å². The topological polar surface area (TPSA) is 38.7 Å². The van der Waals surface area contributed by atoms with E-state index in [4.69, 9.17) is 15.0 Å². The van der Waals surface area contributed by atoms with E-state index in [0.717, 1.165) is 27.8 Å². The number of hydrogen-bond donors (Lipinski definition) is 0. The van der Waals surface area contributed by atoms with Gasteiger partial charge in [-0.1, -0.05) is 109 Å². The van der Waals surface area contributed by atoms with Gasteiger partial charge in [0.05, 0.1) is 0 Å². The minimum absolute atomic E-state index is 0.649. The standard InChI is InChI=1S/C46H37N3/c1-28-29(2)31(4)42(32(5)30(28)3)37-25-38(43-40-22-14-12-20-35(40)24-36-21-13-15-23-41(36)43)27-39(26-37)46-48-44(33-16-8-6-9-17-33)47-45(49-46)34-18-10-7-11-19-34/h6-27H,1-5H3. The summed E-state index contributed by atoms with van der Waals surface area (Å²) in [6.45, 7) is 11.2. The molecule has 7 aromatic carbocycles. The van der Waals surface area contributed by atoms with Crippen molar-refractivity contribution < 1.29 is 0 Å². The van der Waals surface area contributed by atoms with Crippen molar-refractivity contribution in [2.75, 3.05) is 0 Å². The van der Waals surface area contributed by atoms with Crippen molar-refractivity contribution in [3.8, 4) is 56.4 Å². The Bertz CT molecular complexity index is 2390. The molecular weight excluding hydrogens is 595 g/mol. The number of hydrogen-bond acceptors (Lipinski definition) is 3. The van der Waals surface area contributed by atoms with Gasteiger partial charge in [0, 0.05) is 16.7 Å². The Hall–Kier alpha value is -5.93. The van der Waals surface area contributed by atoms with Gasteiger partial charge in [-0.25, -0.2) is 15.0 Å². The SMILES string of the molecule is Cc1c(C)c(C)c(-c2cc(-c3nc(-c4ccccc4)nc(-c4ccccc4)n3)cc(-c3c4ccccc4cc4ccccc34)c2)c(C)c1C. The van der Waals surface area contributed by atoms with Crippen LogP contribution in [0.1, 0.15) is 27.8 Å². The molecule has 0 bridgehead atoms. The van der Waals surface area contributed by atoms with Crippen molar-refractivity contribution in [2.24, 2.45) is 0 Å². The molecule has 49 heavy (non-hydrogen) atoms. The summed E-state index contributed by atoms with van der Waals surface area (Å²) in [7, 11) is 0. The summed E-state index contributed by atoms with van der Waals surface area (Å²) < 4.78 is 0. The summed E-state index contributed by atoms with van der Waals surface area (Å²) in [4.78, 5) is 15.3. The van der Waals surface area contributed by atoms with Gasteiger partial charge >= 0.3 is 0 Å². The molecule has 3 heteroatoms. The quantitative estimate of drug-likeness (QED) is 0.177. The largest absolute Gasteiger partial charge is 0.208 e. The highest BCUT2D eigenvalue weighted by Crippen LogP contribution is 2.42. The van der Waals surface area contributed by atoms with Crippen molar-refractivity contribution in [1.29, 1.82) is 0 Å². The molecule has 0 radical (unpaired) electrons. The van der Waals surface area contributed by atoms with Crippen molar-refractivity contribution in [2.45, 2.75) is 34.6 Å². The second-order valence-corrected chi connectivity index (χ2v) is 13.0. The highest BCUT2D eigenvalue weighted by molar-refractivity contribution is 6.13. The monoisotopic (exact) mass is 631 g/mol. The molecule has 0 atom stereocenters. The van der Waals surface area contributed by atoms with Crippen LogP contribution in [-0.4, -0.2) is 15.0 Å². The Morgan fingerprint density at radius 3 is 1.16 bits per heavy atom. The molecule has 0 amide bonds. The maximum Gasteiger partial charge on any atom is 0.164 e. The fourth-order valence-electron chi connectivity index (χ4n) is 7.24. The lowest BCUT2D eigenvalue weighted by Crippen LogP contribution is -2.02. The Morgan fingerprint density at radius 1 is 0.306 bits per heavy atom. The van der Waals surface area contributed by atoms with Gasteiger partial charge < -0.3 is 0 Å². The predicted molar refractivity (Wildman–Crippen MR) is 206 cm³/mol. The minimum Gasteiger partial charge on any atom is -0.208 e. The van der Waals surface area contributed by atoms with Crippen molar-refractivity contribution in [3.05, 3.63) is 161 Å². The van der Waals surface area contributed by atoms with Crippen LogP contribution < -0.4 is 0 Å². The van der Waals surface area contributed by atoms with E-state index in [2.05, 4.69) is 132 Å². The van der Waals surface area contributed by atoms with Gasteiger partial charge in [0.1, 0.15) is 0 Å². The first kappa shape index (κ1) is 30.4. The molecule has 0 saturated heterocycles. The first-order valence-corrected chi connectivity index (χ1v) is 16.9. The Kier molecular flexibility index (Phi) is 7.61. The lowest BCUT2D eigenvalue weighted by molar-refractivity contribution is 1.07. The van der Waals surface area contributed by atoms with E-state index in [1.165, 1.54) is 60.5 Å². The first-order chi connectivity index (χ1) is 23.9. The molecule has 0 N–H and O–H groups in total. The maximum atomic E-state index is 5.17. The predicted octanol–water partition coefficient (Wildman–Crippen LogP) is 12.1. The maximum absolute atomic E-state index is 5.17. The van der Waals surface area contributed by atoms with Crippen LogP contribution in [0.2, 0.25) is 0 Å². The highest BCUT2D eigenvalue weighted by Gasteiger charge is 2.20. The molecule has 0 unspecified atom stereocenters. The zero-order chi connectivity index (χ0) is 33.6. The van der Waals surface area contributed by atoms with Crippen LogP contribution in [-0.2, 0) is 0 Å². The fourth-order valence-corrected chi connectivity index (χ4v) is 7.24. The molecule has 3 nitrogen and oxygen atoms in total. The molecule has 0 aliphatic carbocycles. The number of rotatable bonds is 5. The van der Waals surface area contributed by atoms with Crippen molar-refractivity contribution in [1.82, 2.24) is 15.0 Å². The highest BCUT2D eigenvalue weighted by atomic mass is 15.0. The van der Waals surface area contributed by atoms with Gasteiger partial charge in [-0.15, -0.1) is 0 Å². The van der Waals surface area contributed by atoms with E-state index in [9.17, 15) is 0 Å². The Morgan fingerprint density at radius 2 is 0.673 bits per heavy atom. The van der Waals surface area contributed by atoms with E-state index < -0.39 is 0 Å². The summed E-state index contributed by atoms with van der Waals surface area (Å²) >= 11 is 0. The van der Waals surface area contributed by atoms with Crippen molar-refractivity contribution in [3.63, 3.8) is 0 Å². The molecule has 0 spiro atoms. The van der Waals surface area contributed by atoms with Crippen LogP contribution in [0.3, 0.4) is 0 Å². The number of benzene rings is 7. The second-order valence-electron chi connectivity index (χ2n) is 13.0. The van der Waals surface area contributed by atoms with Crippen LogP contribution in [0.5, 0.6) is 0 Å². The van der Waals surface area contributed by atoms with Gasteiger partial charge in [-0.2, -0.15) is 0 Å². The lowest BCUT2D eigenvalue weighted by atomic mass is 9.84. The minimum atomic E-state index is 0.649. The Labute approximate surface area is 288 Å². The molecule has 1 aromatic heterocycles. The van der Waals surface area contributed by atoms with Crippen LogP contribution in [0, 0.1) is 34.6 Å². The summed E-state index contributed by atoms with van der Waals surface area (Å²) in [6.07, 6.45) is 0. The lowest BCUT2D eigenvalue weighted by Gasteiger charge is -2.21. The summed E-state index contributed by atoms with van der Waals surface area (Å²) in [5.74, 6) is 1.96. The molecule has 8 aromatic rings. The van der Waals surface area contributed by atoms with Gasteiger partial charge in [-0.05, 0) is 131 Å². The molecular formula is C46H37N3. The molecule has 8 rings (SSSR count). The number of nitrogens with zero attached hydrogens (tertiary/aromatic N) is 3. The van der Waals surface area contributed by atoms with Crippen LogP contribution in [0.25, 0.3) is 78.0 Å². The van der Waals surface area contributed by atoms with E-state index in [1.54, 1.807) is 0 Å². The molecule has 0 saturated carbocycles. The van der Waals surface area contributed by atoms with Gasteiger partial charge in [0.2, 0.25) is 0 Å². The number of fused-ring (bicyclic) bond motifs is 2. The summed E-state index contributed by atoms with van der Waals surface area (Å²) in [5, 5.41) is 4.88. The smallest absolute Gasteiger partial charge is 0.164 e. The van der Waals surface area contributed by atoms with Crippen LogP contribution in [0.4, 0.5) is 0 Å². The summed E-state index contributed by atoms with van der Waals surface area (Å²) in [6, 6.07) is 47.0. The first-order valence-electron chi connectivity index (χ1n) is 16.9. The molecule has 236 valence electrons. The molecule has 0 aliphatic rings. The van der Waals surface area contributed by atoms with E-state index in [0.29, 0.717) is 17.5 Å². The van der Waals surface area contributed by atoms with Gasteiger partial charge in [0.25, 0.3) is 0 Å². The van der Waals surface area contributed by atoms with E-state index in [-0.39, 0.29) is 0 Å². The second kappa shape index (κ2) is 12.3. The molecule has 0 aliphatic heterocycles.